The topological polar surface area (TPSA) is 69.4 Å². The highest BCUT2D eigenvalue weighted by Gasteiger charge is 2.14. The van der Waals surface area contributed by atoms with Gasteiger partial charge in [0.15, 0.2) is 11.0 Å². The number of rotatable bonds is 8. The van der Waals surface area contributed by atoms with Crippen LogP contribution >= 0.6 is 11.8 Å². The van der Waals surface area contributed by atoms with Crippen molar-refractivity contribution in [3.05, 3.63) is 54.1 Å². The highest BCUT2D eigenvalue weighted by molar-refractivity contribution is 7.99. The molecule has 0 amide bonds. The smallest absolute Gasteiger partial charge is 0.191 e. The number of hydrogen-bond donors (Lipinski definition) is 1. The van der Waals surface area contributed by atoms with Gasteiger partial charge in [0, 0.05) is 18.4 Å². The minimum absolute atomic E-state index is 0.235. The molecule has 0 unspecified atom stereocenters. The Morgan fingerprint density at radius 3 is 2.37 bits per heavy atom. The normalized spacial score (nSPS) is 12.0. The van der Waals surface area contributed by atoms with Crippen LogP contribution in [0.25, 0.3) is 11.4 Å². The van der Waals surface area contributed by atoms with Crippen LogP contribution in [0.3, 0.4) is 0 Å². The third kappa shape index (κ3) is 5.02. The predicted octanol–water partition coefficient (Wildman–Crippen LogP) is 3.33. The van der Waals surface area contributed by atoms with E-state index in [-0.39, 0.29) is 6.61 Å². The van der Waals surface area contributed by atoms with Gasteiger partial charge in [-0.2, -0.15) is 0 Å². The van der Waals surface area contributed by atoms with Gasteiger partial charge in [0.1, 0.15) is 18.1 Å². The van der Waals surface area contributed by atoms with E-state index in [1.165, 1.54) is 17.3 Å². The second-order valence-electron chi connectivity index (χ2n) is 6.18. The average molecular weight is 385 g/mol. The van der Waals surface area contributed by atoms with E-state index >= 15 is 0 Å². The van der Waals surface area contributed by atoms with Crippen molar-refractivity contribution >= 4 is 11.8 Å². The number of aryl methyl sites for hydroxylation is 1. The molecule has 3 rings (SSSR count). The number of aliphatic hydroxyl groups excluding tert-OH is 1. The van der Waals surface area contributed by atoms with E-state index in [4.69, 9.17) is 9.47 Å². The third-order valence-electron chi connectivity index (χ3n) is 4.05. The third-order valence-corrected chi connectivity index (χ3v) is 5.22. The molecule has 0 aliphatic rings. The van der Waals surface area contributed by atoms with Crippen molar-refractivity contribution < 1.29 is 14.6 Å². The highest BCUT2D eigenvalue weighted by atomic mass is 32.2. The summed E-state index contributed by atoms with van der Waals surface area (Å²) >= 11 is 1.45. The minimum Gasteiger partial charge on any atom is -0.497 e. The molecule has 0 bridgehead atoms. The number of ether oxygens (including phenoxy) is 2. The first-order valence-electron chi connectivity index (χ1n) is 8.61. The Labute approximate surface area is 163 Å². The van der Waals surface area contributed by atoms with Crippen molar-refractivity contribution in [2.24, 2.45) is 7.05 Å². The van der Waals surface area contributed by atoms with Crippen molar-refractivity contribution in [3.63, 3.8) is 0 Å². The highest BCUT2D eigenvalue weighted by Crippen LogP contribution is 2.25. The zero-order valence-corrected chi connectivity index (χ0v) is 16.4. The van der Waals surface area contributed by atoms with E-state index in [0.29, 0.717) is 5.75 Å². The molecule has 3 aromatic rings. The lowest BCUT2D eigenvalue weighted by atomic mass is 10.2. The van der Waals surface area contributed by atoms with Gasteiger partial charge in [-0.05, 0) is 43.3 Å². The lowest BCUT2D eigenvalue weighted by Gasteiger charge is -2.12. The fraction of sp³-hybridized carbons (Fsp3) is 0.300. The van der Waals surface area contributed by atoms with Crippen LogP contribution in [-0.2, 0) is 7.05 Å². The monoisotopic (exact) mass is 385 g/mol. The van der Waals surface area contributed by atoms with Gasteiger partial charge >= 0.3 is 0 Å². The maximum atomic E-state index is 10.2. The van der Waals surface area contributed by atoms with Crippen LogP contribution in [0.15, 0.2) is 53.7 Å². The summed E-state index contributed by atoms with van der Waals surface area (Å²) < 4.78 is 12.7. The van der Waals surface area contributed by atoms with Crippen LogP contribution in [-0.4, -0.2) is 45.4 Å². The molecule has 0 aliphatic heterocycles. The fourth-order valence-electron chi connectivity index (χ4n) is 2.48. The predicted molar refractivity (Wildman–Crippen MR) is 106 cm³/mol. The number of aromatic nitrogens is 3. The van der Waals surface area contributed by atoms with Crippen molar-refractivity contribution in [2.45, 2.75) is 18.2 Å². The molecule has 0 aliphatic carbocycles. The summed E-state index contributed by atoms with van der Waals surface area (Å²) in [5.41, 5.74) is 2.13. The molecule has 142 valence electrons. The lowest BCUT2D eigenvalue weighted by molar-refractivity contribution is 0.126. The van der Waals surface area contributed by atoms with Crippen LogP contribution in [0.4, 0.5) is 0 Å². The van der Waals surface area contributed by atoms with E-state index in [9.17, 15) is 5.11 Å². The van der Waals surface area contributed by atoms with Crippen molar-refractivity contribution in [3.8, 4) is 22.9 Å². The van der Waals surface area contributed by atoms with Crippen molar-refractivity contribution in [2.75, 3.05) is 19.5 Å². The summed E-state index contributed by atoms with van der Waals surface area (Å²) in [6, 6.07) is 15.4. The molecule has 2 aromatic carbocycles. The van der Waals surface area contributed by atoms with Gasteiger partial charge in [0.05, 0.1) is 13.2 Å². The molecule has 1 aromatic heterocycles. The van der Waals surface area contributed by atoms with Gasteiger partial charge in [0.2, 0.25) is 0 Å². The molecule has 0 radical (unpaired) electrons. The Balaban J connectivity index is 1.54. The van der Waals surface area contributed by atoms with E-state index in [1.54, 1.807) is 7.11 Å². The standard InChI is InChI=1S/C20H23N3O3S/c1-14-4-8-18(9-5-14)26-12-16(24)13-27-20-22-21-19(23(20)2)15-6-10-17(25-3)11-7-15/h4-11,16,24H,12-13H2,1-3H3/t16-/m1/s1. The van der Waals surface area contributed by atoms with Crippen molar-refractivity contribution in [1.29, 1.82) is 0 Å². The lowest BCUT2D eigenvalue weighted by Crippen LogP contribution is -2.20. The second-order valence-corrected chi connectivity index (χ2v) is 7.17. The van der Waals surface area contributed by atoms with Gasteiger partial charge in [-0.1, -0.05) is 29.5 Å². The number of nitrogens with zero attached hydrogens (tertiary/aromatic N) is 3. The Morgan fingerprint density at radius 2 is 1.70 bits per heavy atom. The van der Waals surface area contributed by atoms with Crippen LogP contribution in [0.5, 0.6) is 11.5 Å². The zero-order valence-electron chi connectivity index (χ0n) is 15.6. The first-order chi connectivity index (χ1) is 13.1. The first-order valence-corrected chi connectivity index (χ1v) is 9.59. The maximum Gasteiger partial charge on any atom is 0.191 e. The van der Waals surface area contributed by atoms with E-state index in [2.05, 4.69) is 10.2 Å². The van der Waals surface area contributed by atoms with Gasteiger partial charge in [-0.15, -0.1) is 10.2 Å². The minimum atomic E-state index is -0.600. The molecule has 1 N–H and O–H groups in total. The molecule has 7 heteroatoms. The van der Waals surface area contributed by atoms with E-state index < -0.39 is 6.10 Å². The Kier molecular flexibility index (Phi) is 6.36. The summed E-state index contributed by atoms with van der Waals surface area (Å²) in [6.07, 6.45) is -0.600. The number of hydrogen-bond acceptors (Lipinski definition) is 6. The molecule has 27 heavy (non-hydrogen) atoms. The summed E-state index contributed by atoms with van der Waals surface area (Å²) in [7, 11) is 3.55. The fourth-order valence-corrected chi connectivity index (χ4v) is 3.29. The van der Waals surface area contributed by atoms with E-state index in [1.807, 2.05) is 67.1 Å². The number of benzene rings is 2. The SMILES string of the molecule is COc1ccc(-c2nnc(SC[C@H](O)COc3ccc(C)cc3)n2C)cc1. The number of methoxy groups -OCH3 is 1. The summed E-state index contributed by atoms with van der Waals surface area (Å²) in [5.74, 6) is 2.79. The molecule has 1 heterocycles. The number of aliphatic hydroxyl groups is 1. The Hall–Kier alpha value is -2.51. The zero-order chi connectivity index (χ0) is 19.2. The quantitative estimate of drug-likeness (QED) is 0.600. The van der Waals surface area contributed by atoms with Gasteiger partial charge in [-0.25, -0.2) is 0 Å². The Bertz CT molecular complexity index is 863. The van der Waals surface area contributed by atoms with Crippen LogP contribution in [0.2, 0.25) is 0 Å². The van der Waals surface area contributed by atoms with Gasteiger partial charge in [0.25, 0.3) is 0 Å². The van der Waals surface area contributed by atoms with Crippen LogP contribution in [0.1, 0.15) is 5.56 Å². The first kappa shape index (κ1) is 19.3. The van der Waals surface area contributed by atoms with Crippen LogP contribution in [0, 0.1) is 6.92 Å². The van der Waals surface area contributed by atoms with Crippen molar-refractivity contribution in [1.82, 2.24) is 14.8 Å². The molecule has 0 saturated heterocycles. The molecule has 0 spiro atoms. The molecule has 0 fully saturated rings. The summed E-state index contributed by atoms with van der Waals surface area (Å²) in [5, 5.41) is 19.4. The average Bonchev–Trinajstić information content (AvgIpc) is 3.06. The summed E-state index contributed by atoms with van der Waals surface area (Å²) in [6.45, 7) is 2.26. The molecular formula is C20H23N3O3S. The molecule has 0 saturated carbocycles. The molecular weight excluding hydrogens is 362 g/mol. The maximum absolute atomic E-state index is 10.2. The summed E-state index contributed by atoms with van der Waals surface area (Å²) in [4.78, 5) is 0. The van der Waals surface area contributed by atoms with Gasteiger partial charge in [-0.3, -0.25) is 0 Å². The van der Waals surface area contributed by atoms with Gasteiger partial charge < -0.3 is 19.1 Å². The molecule has 1 atom stereocenters. The second kappa shape index (κ2) is 8.92. The largest absolute Gasteiger partial charge is 0.497 e. The van der Waals surface area contributed by atoms with Crippen LogP contribution < -0.4 is 9.47 Å². The van der Waals surface area contributed by atoms with E-state index in [0.717, 1.165) is 28.0 Å². The Morgan fingerprint density at radius 1 is 1.04 bits per heavy atom. The molecule has 6 nitrogen and oxygen atoms in total. The number of thioether (sulfide) groups is 1.